The van der Waals surface area contributed by atoms with Gasteiger partial charge in [-0.3, -0.25) is 4.79 Å². The third-order valence-corrected chi connectivity index (χ3v) is 3.20. The van der Waals surface area contributed by atoms with Gasteiger partial charge in [0.05, 0.1) is 13.0 Å². The second-order valence-electron chi connectivity index (χ2n) is 3.54. The molecule has 21 heavy (non-hydrogen) atoms. The molecule has 1 aromatic rings. The number of alkyl halides is 3. The quantitative estimate of drug-likeness (QED) is 0.315. The van der Waals surface area contributed by atoms with Crippen molar-refractivity contribution in [3.63, 3.8) is 0 Å². The van der Waals surface area contributed by atoms with E-state index in [0.717, 1.165) is 6.07 Å². The monoisotopic (exact) mass is 420 g/mol. The summed E-state index contributed by atoms with van der Waals surface area (Å²) in [5.41, 5.74) is -0.0324. The van der Waals surface area contributed by atoms with E-state index in [9.17, 15) is 28.1 Å². The number of hydrogen-bond donors (Lipinski definition) is 0. The Hall–Kier alpha value is -1.66. The second-order valence-corrected chi connectivity index (χ2v) is 4.62. The molecule has 0 unspecified atom stereocenters. The van der Waals surface area contributed by atoms with Gasteiger partial charge in [-0.2, -0.15) is 0 Å². The lowest BCUT2D eigenvalue weighted by Crippen LogP contribution is -2.19. The average molecular weight is 420 g/mol. The molecular weight excluding hydrogens is 412 g/mol. The Morgan fingerprint density at radius 3 is 2.62 bits per heavy atom. The number of carbonyl (C=O) groups excluding carboxylic acids is 1. The normalized spacial score (nSPS) is 11.1. The molecule has 0 amide bonds. The van der Waals surface area contributed by atoms with Gasteiger partial charge in [0.2, 0.25) is 0 Å². The van der Waals surface area contributed by atoms with Gasteiger partial charge in [0, 0.05) is 11.1 Å². The van der Waals surface area contributed by atoms with Crippen molar-refractivity contribution >= 4 is 34.4 Å². The minimum absolute atomic E-state index is 0.0324. The molecule has 0 aliphatic rings. The zero-order chi connectivity index (χ0) is 16.2. The molecule has 7 nitrogen and oxygen atoms in total. The van der Waals surface area contributed by atoms with Crippen LogP contribution in [0.1, 0.15) is 12.5 Å². The summed E-state index contributed by atoms with van der Waals surface area (Å²) in [6.45, 7) is 1.63. The number of hydrogen-bond acceptors (Lipinski definition) is 6. The second kappa shape index (κ2) is 6.87. The van der Waals surface area contributed by atoms with Crippen LogP contribution in [0, 0.1) is 13.7 Å². The standard InChI is InChI=1S/C10H8F3IN2O5/c1-2-20-7(17)4-5-3-6(21-10(11,12)13)15-9(8(5)14)16(18)19/h3H,2,4H2,1H3. The van der Waals surface area contributed by atoms with Gasteiger partial charge < -0.3 is 19.6 Å². The molecule has 116 valence electrons. The van der Waals surface area contributed by atoms with Crippen LogP contribution in [0.3, 0.4) is 0 Å². The minimum atomic E-state index is -5.05. The van der Waals surface area contributed by atoms with E-state index in [1.165, 1.54) is 22.6 Å². The number of ether oxygens (including phenoxy) is 2. The van der Waals surface area contributed by atoms with E-state index in [4.69, 9.17) is 0 Å². The summed E-state index contributed by atoms with van der Waals surface area (Å²) in [5, 5.41) is 10.8. The largest absolute Gasteiger partial charge is 0.575 e. The first-order valence-electron chi connectivity index (χ1n) is 5.39. The molecular formula is C10H8F3IN2O5. The summed E-state index contributed by atoms with van der Waals surface area (Å²) in [6.07, 6.45) is -5.47. The zero-order valence-corrected chi connectivity index (χ0v) is 12.6. The van der Waals surface area contributed by atoms with E-state index < -0.39 is 35.4 Å². The molecule has 0 saturated heterocycles. The van der Waals surface area contributed by atoms with E-state index >= 15 is 0 Å². The number of nitrogens with zero attached hydrogens (tertiary/aromatic N) is 2. The van der Waals surface area contributed by atoms with Gasteiger partial charge in [0.15, 0.2) is 0 Å². The highest BCUT2D eigenvalue weighted by molar-refractivity contribution is 14.1. The van der Waals surface area contributed by atoms with Crippen molar-refractivity contribution in [2.75, 3.05) is 6.61 Å². The third kappa shape index (κ3) is 5.32. The van der Waals surface area contributed by atoms with Crippen LogP contribution in [-0.2, 0) is 16.0 Å². The van der Waals surface area contributed by atoms with Crippen molar-refractivity contribution in [1.29, 1.82) is 0 Å². The Morgan fingerprint density at radius 2 is 2.14 bits per heavy atom. The van der Waals surface area contributed by atoms with Crippen molar-refractivity contribution in [2.24, 2.45) is 0 Å². The fourth-order valence-electron chi connectivity index (χ4n) is 1.33. The topological polar surface area (TPSA) is 91.6 Å². The molecule has 0 radical (unpaired) electrons. The SMILES string of the molecule is CCOC(=O)Cc1cc(OC(F)(F)F)nc([N+](=O)[O-])c1I. The summed E-state index contributed by atoms with van der Waals surface area (Å²) >= 11 is 1.52. The lowest BCUT2D eigenvalue weighted by molar-refractivity contribution is -0.391. The van der Waals surface area contributed by atoms with Crippen LogP contribution in [-0.4, -0.2) is 28.8 Å². The third-order valence-electron chi connectivity index (χ3n) is 2.03. The Labute approximate surface area is 129 Å². The number of nitro groups is 1. The first-order chi connectivity index (χ1) is 9.64. The minimum Gasteiger partial charge on any atom is -0.466 e. The Morgan fingerprint density at radius 1 is 1.52 bits per heavy atom. The van der Waals surface area contributed by atoms with Crippen LogP contribution in [0.25, 0.3) is 0 Å². The molecule has 0 fully saturated rings. The van der Waals surface area contributed by atoms with Crippen LogP contribution in [0.5, 0.6) is 5.88 Å². The fraction of sp³-hybridized carbons (Fsp3) is 0.400. The lowest BCUT2D eigenvalue weighted by atomic mass is 10.2. The van der Waals surface area contributed by atoms with Crippen LogP contribution in [0.15, 0.2) is 6.07 Å². The van der Waals surface area contributed by atoms with Gasteiger partial charge in [-0.1, -0.05) is 0 Å². The summed E-state index contributed by atoms with van der Waals surface area (Å²) in [4.78, 5) is 24.4. The molecule has 0 aliphatic carbocycles. The molecule has 11 heteroatoms. The van der Waals surface area contributed by atoms with Crippen molar-refractivity contribution in [3.05, 3.63) is 25.3 Å². The van der Waals surface area contributed by atoms with Crippen molar-refractivity contribution in [1.82, 2.24) is 4.98 Å². The Bertz CT molecular complexity index is 564. The molecule has 0 N–H and O–H groups in total. The lowest BCUT2D eigenvalue weighted by Gasteiger charge is -2.08. The molecule has 0 saturated carbocycles. The van der Waals surface area contributed by atoms with Crippen molar-refractivity contribution in [3.8, 4) is 5.88 Å². The molecule has 0 aromatic carbocycles. The highest BCUT2D eigenvalue weighted by atomic mass is 127. The zero-order valence-electron chi connectivity index (χ0n) is 10.4. The number of carbonyl (C=O) groups is 1. The van der Waals surface area contributed by atoms with E-state index in [1.54, 1.807) is 6.92 Å². The predicted octanol–water partition coefficient (Wildman–Crippen LogP) is 2.60. The predicted molar refractivity (Wildman–Crippen MR) is 70.6 cm³/mol. The number of aromatic nitrogens is 1. The van der Waals surface area contributed by atoms with Gasteiger partial charge in [0.25, 0.3) is 0 Å². The van der Waals surface area contributed by atoms with Gasteiger partial charge in [-0.25, -0.2) is 0 Å². The van der Waals surface area contributed by atoms with E-state index in [1.807, 2.05) is 0 Å². The van der Waals surface area contributed by atoms with Crippen molar-refractivity contribution < 1.29 is 32.4 Å². The number of pyridine rings is 1. The summed E-state index contributed by atoms with van der Waals surface area (Å²) in [6, 6.07) is 0.819. The molecule has 0 aliphatic heterocycles. The number of esters is 1. The first-order valence-corrected chi connectivity index (χ1v) is 6.47. The maximum absolute atomic E-state index is 12.2. The van der Waals surface area contributed by atoms with Gasteiger partial charge in [0.1, 0.15) is 3.57 Å². The smallest absolute Gasteiger partial charge is 0.466 e. The molecule has 0 spiro atoms. The highest BCUT2D eigenvalue weighted by Crippen LogP contribution is 2.29. The Balaban J connectivity index is 3.21. The molecule has 0 bridgehead atoms. The van der Waals surface area contributed by atoms with Crippen LogP contribution < -0.4 is 4.74 Å². The average Bonchev–Trinajstić information content (AvgIpc) is 2.31. The number of rotatable bonds is 5. The van der Waals surface area contributed by atoms with Gasteiger partial charge in [-0.05, 0) is 40.0 Å². The van der Waals surface area contributed by atoms with E-state index in [-0.39, 0.29) is 15.7 Å². The van der Waals surface area contributed by atoms with E-state index in [0.29, 0.717) is 0 Å². The molecule has 1 aromatic heterocycles. The van der Waals surface area contributed by atoms with Crippen molar-refractivity contribution in [2.45, 2.75) is 19.7 Å². The van der Waals surface area contributed by atoms with Crippen LogP contribution in [0.2, 0.25) is 0 Å². The molecule has 1 heterocycles. The maximum Gasteiger partial charge on any atom is 0.575 e. The fourth-order valence-corrected chi connectivity index (χ4v) is 1.99. The number of halogens is 4. The summed E-state index contributed by atoms with van der Waals surface area (Å²) in [5.74, 6) is -2.56. The molecule has 1 rings (SSSR count). The van der Waals surface area contributed by atoms with Crippen LogP contribution >= 0.6 is 22.6 Å². The van der Waals surface area contributed by atoms with Gasteiger partial charge >= 0.3 is 24.0 Å². The summed E-state index contributed by atoms with van der Waals surface area (Å²) in [7, 11) is 0. The highest BCUT2D eigenvalue weighted by Gasteiger charge is 2.35. The first kappa shape index (κ1) is 17.4. The summed E-state index contributed by atoms with van der Waals surface area (Å²) < 4.78 is 44.6. The van der Waals surface area contributed by atoms with Crippen LogP contribution in [0.4, 0.5) is 19.0 Å². The Kier molecular flexibility index (Phi) is 5.69. The molecule has 0 atom stereocenters. The van der Waals surface area contributed by atoms with Gasteiger partial charge in [-0.15, -0.1) is 13.2 Å². The van der Waals surface area contributed by atoms with E-state index in [2.05, 4.69) is 14.5 Å². The maximum atomic E-state index is 12.2.